The maximum atomic E-state index is 5.33. The van der Waals surface area contributed by atoms with E-state index in [4.69, 9.17) is 9.97 Å². The van der Waals surface area contributed by atoms with E-state index in [0.29, 0.717) is 5.82 Å². The van der Waals surface area contributed by atoms with Crippen molar-refractivity contribution in [1.29, 1.82) is 0 Å². The smallest absolute Gasteiger partial charge is 0.160 e. The van der Waals surface area contributed by atoms with Crippen molar-refractivity contribution in [2.75, 3.05) is 0 Å². The first-order valence-electron chi connectivity index (χ1n) is 20.1. The lowest BCUT2D eigenvalue weighted by Crippen LogP contribution is -1.97. The fourth-order valence-electron chi connectivity index (χ4n) is 9.22. The van der Waals surface area contributed by atoms with Crippen LogP contribution >= 0.6 is 11.3 Å². The third kappa shape index (κ3) is 5.47. The highest BCUT2D eigenvalue weighted by atomic mass is 32.1. The van der Waals surface area contributed by atoms with Crippen LogP contribution in [-0.2, 0) is 0 Å². The van der Waals surface area contributed by atoms with E-state index in [1.807, 2.05) is 17.4 Å². The van der Waals surface area contributed by atoms with E-state index in [9.17, 15) is 0 Å². The zero-order chi connectivity index (χ0) is 38.9. The Labute approximate surface area is 345 Å². The first-order valence-corrected chi connectivity index (χ1v) is 20.9. The monoisotopic (exact) mass is 766 g/mol. The van der Waals surface area contributed by atoms with Crippen molar-refractivity contribution in [1.82, 2.24) is 9.97 Å². The lowest BCUT2D eigenvalue weighted by molar-refractivity contribution is 1.19. The van der Waals surface area contributed by atoms with Crippen molar-refractivity contribution in [3.05, 3.63) is 206 Å². The van der Waals surface area contributed by atoms with Crippen LogP contribution < -0.4 is 0 Å². The number of rotatable bonds is 5. The standard InChI is InChI=1S/C56H34N2S/c1-3-16-36(17-4-1)53-45-24-11-12-25-46(45)55(54-39-20-8-7-15-35(39)27-30-48(53)54)47-32-31-42(40-21-9-10-22-41(40)47)50-34-49(57-56(58-50)37-18-5-2-6-19-37)38-28-29-44-43-23-13-14-26-51(43)59-52(44)33-38/h1-34H. The maximum absolute atomic E-state index is 5.33. The fourth-order valence-corrected chi connectivity index (χ4v) is 10.4. The van der Waals surface area contributed by atoms with Crippen LogP contribution in [0, 0.1) is 0 Å². The molecule has 0 aliphatic heterocycles. The van der Waals surface area contributed by atoms with Crippen LogP contribution in [0.4, 0.5) is 0 Å². The summed E-state index contributed by atoms with van der Waals surface area (Å²) >= 11 is 1.83. The maximum Gasteiger partial charge on any atom is 0.160 e. The third-order valence-corrected chi connectivity index (χ3v) is 13.0. The Morgan fingerprint density at radius 3 is 1.64 bits per heavy atom. The Morgan fingerprint density at radius 2 is 0.864 bits per heavy atom. The average molecular weight is 767 g/mol. The molecular formula is C56H34N2S. The summed E-state index contributed by atoms with van der Waals surface area (Å²) in [7, 11) is 0. The second kappa shape index (κ2) is 13.6. The van der Waals surface area contributed by atoms with Gasteiger partial charge in [0.15, 0.2) is 5.82 Å². The van der Waals surface area contributed by atoms with Gasteiger partial charge in [-0.05, 0) is 83.5 Å². The van der Waals surface area contributed by atoms with Crippen LogP contribution in [0.5, 0.6) is 0 Å². The van der Waals surface area contributed by atoms with Crippen molar-refractivity contribution >= 4 is 74.6 Å². The van der Waals surface area contributed by atoms with Crippen LogP contribution in [0.2, 0.25) is 0 Å². The van der Waals surface area contributed by atoms with Crippen LogP contribution in [0.1, 0.15) is 0 Å². The Balaban J connectivity index is 1.12. The summed E-state index contributed by atoms with van der Waals surface area (Å²) < 4.78 is 2.55. The van der Waals surface area contributed by atoms with Crippen LogP contribution in [0.15, 0.2) is 206 Å². The molecule has 274 valence electrons. The van der Waals surface area contributed by atoms with E-state index in [1.54, 1.807) is 0 Å². The zero-order valence-electron chi connectivity index (χ0n) is 31.9. The van der Waals surface area contributed by atoms with Gasteiger partial charge in [0, 0.05) is 36.9 Å². The molecule has 59 heavy (non-hydrogen) atoms. The normalized spacial score (nSPS) is 11.7. The molecule has 0 spiro atoms. The van der Waals surface area contributed by atoms with E-state index in [1.165, 1.54) is 80.1 Å². The van der Waals surface area contributed by atoms with Gasteiger partial charge in [-0.25, -0.2) is 9.97 Å². The van der Waals surface area contributed by atoms with Crippen molar-refractivity contribution in [3.8, 4) is 56.2 Å². The summed E-state index contributed by atoms with van der Waals surface area (Å²) in [6, 6.07) is 74.6. The molecule has 0 atom stereocenters. The number of benzene rings is 10. The van der Waals surface area contributed by atoms with Gasteiger partial charge in [-0.3, -0.25) is 0 Å². The SMILES string of the molecule is c1ccc(-c2nc(-c3ccc4c(c3)sc3ccccc34)cc(-c3ccc(-c4c5ccccc5c(-c5ccccc5)c5ccc6ccccc6c45)c4ccccc34)n2)cc1. The Bertz CT molecular complexity index is 3610. The van der Waals surface area contributed by atoms with Crippen molar-refractivity contribution in [2.24, 2.45) is 0 Å². The molecule has 0 aliphatic rings. The van der Waals surface area contributed by atoms with Crippen molar-refractivity contribution < 1.29 is 0 Å². The fraction of sp³-hybridized carbons (Fsp3) is 0. The molecule has 3 heteroatoms. The van der Waals surface area contributed by atoms with Crippen molar-refractivity contribution in [2.45, 2.75) is 0 Å². The zero-order valence-corrected chi connectivity index (χ0v) is 32.7. The Kier molecular flexibility index (Phi) is 7.75. The highest BCUT2D eigenvalue weighted by molar-refractivity contribution is 7.25. The van der Waals surface area contributed by atoms with Gasteiger partial charge in [-0.2, -0.15) is 0 Å². The molecule has 0 amide bonds. The van der Waals surface area contributed by atoms with Gasteiger partial charge in [0.2, 0.25) is 0 Å². The first-order chi connectivity index (χ1) is 29.3. The highest BCUT2D eigenvalue weighted by Gasteiger charge is 2.22. The second-order valence-electron chi connectivity index (χ2n) is 15.2. The molecule has 12 aromatic rings. The minimum Gasteiger partial charge on any atom is -0.228 e. The van der Waals surface area contributed by atoms with Gasteiger partial charge in [-0.1, -0.05) is 188 Å². The summed E-state index contributed by atoms with van der Waals surface area (Å²) in [6.45, 7) is 0. The quantitative estimate of drug-likeness (QED) is 0.129. The van der Waals surface area contributed by atoms with Crippen LogP contribution in [0.25, 0.3) is 119 Å². The number of fused-ring (bicyclic) bond motifs is 8. The summed E-state index contributed by atoms with van der Waals surface area (Å²) in [5.41, 5.74) is 9.88. The molecule has 0 saturated carbocycles. The van der Waals surface area contributed by atoms with E-state index >= 15 is 0 Å². The summed E-state index contributed by atoms with van der Waals surface area (Å²) in [4.78, 5) is 10.6. The van der Waals surface area contributed by atoms with Gasteiger partial charge in [-0.15, -0.1) is 11.3 Å². The number of thiophene rings is 1. The minimum absolute atomic E-state index is 0.711. The highest BCUT2D eigenvalue weighted by Crippen LogP contribution is 2.48. The summed E-state index contributed by atoms with van der Waals surface area (Å²) in [5.74, 6) is 0.711. The van der Waals surface area contributed by atoms with Gasteiger partial charge in [0.25, 0.3) is 0 Å². The number of nitrogens with zero attached hydrogens (tertiary/aromatic N) is 2. The predicted molar refractivity (Wildman–Crippen MR) is 252 cm³/mol. The molecule has 0 bridgehead atoms. The molecule has 0 N–H and O–H groups in total. The molecular weight excluding hydrogens is 733 g/mol. The molecule has 0 aliphatic carbocycles. The number of aromatic nitrogens is 2. The van der Waals surface area contributed by atoms with Gasteiger partial charge >= 0.3 is 0 Å². The molecule has 2 nitrogen and oxygen atoms in total. The Hall–Kier alpha value is -7.46. The molecule has 0 fully saturated rings. The van der Waals surface area contributed by atoms with Gasteiger partial charge in [0.1, 0.15) is 0 Å². The van der Waals surface area contributed by atoms with E-state index < -0.39 is 0 Å². The van der Waals surface area contributed by atoms with Crippen LogP contribution in [-0.4, -0.2) is 9.97 Å². The molecule has 0 saturated heterocycles. The molecule has 2 heterocycles. The Morgan fingerprint density at radius 1 is 0.305 bits per heavy atom. The van der Waals surface area contributed by atoms with Gasteiger partial charge in [0.05, 0.1) is 11.4 Å². The van der Waals surface area contributed by atoms with E-state index in [2.05, 4.69) is 200 Å². The van der Waals surface area contributed by atoms with E-state index in [0.717, 1.165) is 33.5 Å². The lowest BCUT2D eigenvalue weighted by atomic mass is 9.82. The van der Waals surface area contributed by atoms with E-state index in [-0.39, 0.29) is 0 Å². The molecule has 12 rings (SSSR count). The number of hydrogen-bond donors (Lipinski definition) is 0. The predicted octanol–water partition coefficient (Wildman–Crippen LogP) is 15.8. The van der Waals surface area contributed by atoms with Crippen LogP contribution in [0.3, 0.4) is 0 Å². The molecule has 2 aromatic heterocycles. The number of hydrogen-bond acceptors (Lipinski definition) is 3. The molecule has 0 unspecified atom stereocenters. The summed E-state index contributed by atoms with van der Waals surface area (Å²) in [6.07, 6.45) is 0. The largest absolute Gasteiger partial charge is 0.228 e. The summed E-state index contributed by atoms with van der Waals surface area (Å²) in [5, 5.41) is 12.4. The molecule has 0 radical (unpaired) electrons. The van der Waals surface area contributed by atoms with Gasteiger partial charge < -0.3 is 0 Å². The lowest BCUT2D eigenvalue weighted by Gasteiger charge is -2.21. The third-order valence-electron chi connectivity index (χ3n) is 11.9. The minimum atomic E-state index is 0.711. The van der Waals surface area contributed by atoms with Crippen molar-refractivity contribution in [3.63, 3.8) is 0 Å². The topological polar surface area (TPSA) is 25.8 Å². The second-order valence-corrected chi connectivity index (χ2v) is 16.3. The molecule has 10 aromatic carbocycles. The first kappa shape index (κ1) is 33.7. The average Bonchev–Trinajstić information content (AvgIpc) is 3.69.